The van der Waals surface area contributed by atoms with Crippen LogP contribution in [0.3, 0.4) is 0 Å². The molecule has 2 aromatic carbocycles. The van der Waals surface area contributed by atoms with Gasteiger partial charge in [-0.15, -0.1) is 0 Å². The summed E-state index contributed by atoms with van der Waals surface area (Å²) in [6, 6.07) is 12.2. The number of fused-ring (bicyclic) bond motifs is 1. The summed E-state index contributed by atoms with van der Waals surface area (Å²) in [6.45, 7) is 0.493. The normalized spacial score (nSPS) is 11.0. The lowest BCUT2D eigenvalue weighted by molar-refractivity contribution is 0.0953. The van der Waals surface area contributed by atoms with E-state index in [0.717, 1.165) is 22.0 Å². The van der Waals surface area contributed by atoms with Crippen LogP contribution in [0.5, 0.6) is 0 Å². The van der Waals surface area contributed by atoms with E-state index in [-0.39, 0.29) is 11.7 Å². The third kappa shape index (κ3) is 4.07. The van der Waals surface area contributed by atoms with E-state index in [1.54, 1.807) is 6.07 Å². The summed E-state index contributed by atoms with van der Waals surface area (Å²) in [4.78, 5) is 19.8. The zero-order chi connectivity index (χ0) is 19.3. The van der Waals surface area contributed by atoms with Gasteiger partial charge in [-0.3, -0.25) is 9.89 Å². The summed E-state index contributed by atoms with van der Waals surface area (Å²) >= 11 is 1.49. The van der Waals surface area contributed by atoms with Crippen LogP contribution in [0.25, 0.3) is 10.9 Å². The van der Waals surface area contributed by atoms with Crippen molar-refractivity contribution in [2.75, 3.05) is 6.54 Å². The fourth-order valence-corrected chi connectivity index (χ4v) is 3.83. The fourth-order valence-electron chi connectivity index (χ4n) is 3.05. The third-order valence-electron chi connectivity index (χ3n) is 4.43. The van der Waals surface area contributed by atoms with Gasteiger partial charge in [0.05, 0.1) is 0 Å². The Bertz CT molecular complexity index is 1090. The molecule has 0 spiro atoms. The van der Waals surface area contributed by atoms with Crippen molar-refractivity contribution in [3.63, 3.8) is 0 Å². The highest BCUT2D eigenvalue weighted by atomic mass is 32.2. The smallest absolute Gasteiger partial charge is 0.251 e. The number of nitrogens with one attached hydrogen (secondary N) is 3. The van der Waals surface area contributed by atoms with Gasteiger partial charge in [0.15, 0.2) is 5.16 Å². The van der Waals surface area contributed by atoms with Crippen LogP contribution in [0, 0.1) is 5.82 Å². The van der Waals surface area contributed by atoms with E-state index < -0.39 is 0 Å². The van der Waals surface area contributed by atoms with Gasteiger partial charge in [0.1, 0.15) is 12.1 Å². The van der Waals surface area contributed by atoms with E-state index >= 15 is 0 Å². The molecule has 4 rings (SSSR count). The van der Waals surface area contributed by atoms with Gasteiger partial charge in [-0.2, -0.15) is 5.10 Å². The highest BCUT2D eigenvalue weighted by Crippen LogP contribution is 2.22. The molecule has 142 valence electrons. The molecule has 6 nitrogen and oxygen atoms in total. The van der Waals surface area contributed by atoms with Crippen molar-refractivity contribution >= 4 is 28.6 Å². The monoisotopic (exact) mass is 395 g/mol. The number of carbonyl (C=O) groups is 1. The summed E-state index contributed by atoms with van der Waals surface area (Å²) in [5, 5.41) is 11.3. The molecule has 0 aliphatic carbocycles. The van der Waals surface area contributed by atoms with Gasteiger partial charge in [-0.25, -0.2) is 9.37 Å². The minimum absolute atomic E-state index is 0.111. The molecule has 4 aromatic rings. The zero-order valence-corrected chi connectivity index (χ0v) is 15.7. The standard InChI is InChI=1S/C20H18FN5OS/c21-15-5-6-16-13(10-23-18(16)9-15)7-8-22-19(27)17-4-2-1-3-14(17)11-28-20-24-12-25-26-20/h1-6,9-10,12,23H,7-8,11H2,(H,22,27)(H,24,25,26). The highest BCUT2D eigenvalue weighted by molar-refractivity contribution is 7.98. The number of aromatic amines is 2. The maximum atomic E-state index is 13.3. The minimum Gasteiger partial charge on any atom is -0.361 e. The molecule has 0 saturated carbocycles. The Morgan fingerprint density at radius 3 is 2.93 bits per heavy atom. The molecule has 1 amide bonds. The van der Waals surface area contributed by atoms with Gasteiger partial charge in [0.2, 0.25) is 0 Å². The van der Waals surface area contributed by atoms with Gasteiger partial charge >= 0.3 is 0 Å². The first-order chi connectivity index (χ1) is 13.7. The second-order valence-electron chi connectivity index (χ2n) is 6.25. The molecule has 8 heteroatoms. The van der Waals surface area contributed by atoms with Gasteiger partial charge in [-0.1, -0.05) is 30.0 Å². The van der Waals surface area contributed by atoms with Crippen molar-refractivity contribution < 1.29 is 9.18 Å². The Hall–Kier alpha value is -3.13. The molecule has 0 unspecified atom stereocenters. The first-order valence-corrected chi connectivity index (χ1v) is 9.79. The lowest BCUT2D eigenvalue weighted by Crippen LogP contribution is -2.26. The molecular formula is C20H18FN5OS. The number of hydrogen-bond acceptors (Lipinski definition) is 4. The highest BCUT2D eigenvalue weighted by Gasteiger charge is 2.12. The lowest BCUT2D eigenvalue weighted by atomic mass is 10.1. The Balaban J connectivity index is 1.38. The van der Waals surface area contributed by atoms with Gasteiger partial charge < -0.3 is 10.3 Å². The summed E-state index contributed by atoms with van der Waals surface area (Å²) in [6.07, 6.45) is 3.98. The van der Waals surface area contributed by atoms with Crippen LogP contribution in [0.15, 0.2) is 60.1 Å². The topological polar surface area (TPSA) is 86.5 Å². The predicted molar refractivity (Wildman–Crippen MR) is 107 cm³/mol. The van der Waals surface area contributed by atoms with Gasteiger partial charge in [0, 0.05) is 35.0 Å². The van der Waals surface area contributed by atoms with Crippen LogP contribution in [0.2, 0.25) is 0 Å². The van der Waals surface area contributed by atoms with Crippen molar-refractivity contribution in [1.29, 1.82) is 0 Å². The number of amides is 1. The van der Waals surface area contributed by atoms with E-state index in [2.05, 4.69) is 25.5 Å². The number of benzene rings is 2. The Morgan fingerprint density at radius 2 is 2.07 bits per heavy atom. The zero-order valence-electron chi connectivity index (χ0n) is 14.9. The fraction of sp³-hybridized carbons (Fsp3) is 0.150. The number of hydrogen-bond donors (Lipinski definition) is 3. The van der Waals surface area contributed by atoms with E-state index in [1.165, 1.54) is 30.2 Å². The van der Waals surface area contributed by atoms with Crippen LogP contribution >= 0.6 is 11.8 Å². The number of H-pyrrole nitrogens is 2. The summed E-state index contributed by atoms with van der Waals surface area (Å²) in [5.41, 5.74) is 3.39. The van der Waals surface area contributed by atoms with Crippen LogP contribution in [-0.4, -0.2) is 32.6 Å². The molecule has 0 bridgehead atoms. The number of rotatable bonds is 7. The van der Waals surface area contributed by atoms with E-state index in [4.69, 9.17) is 0 Å². The Labute approximate surface area is 165 Å². The molecule has 2 aromatic heterocycles. The Kier molecular flexibility index (Phi) is 5.38. The molecule has 2 heterocycles. The van der Waals surface area contributed by atoms with Crippen LogP contribution in [0.4, 0.5) is 4.39 Å². The molecule has 0 aliphatic rings. The summed E-state index contributed by atoms with van der Waals surface area (Å²) < 4.78 is 13.3. The SMILES string of the molecule is O=C(NCCc1c[nH]c2cc(F)ccc12)c1ccccc1CSc1ncn[nH]1. The number of thioether (sulfide) groups is 1. The predicted octanol–water partition coefficient (Wildman–Crippen LogP) is 3.69. The maximum absolute atomic E-state index is 13.3. The van der Waals surface area contributed by atoms with Crippen LogP contribution < -0.4 is 5.32 Å². The van der Waals surface area contributed by atoms with Gasteiger partial charge in [-0.05, 0) is 41.8 Å². The van der Waals surface area contributed by atoms with Crippen molar-refractivity contribution in [1.82, 2.24) is 25.5 Å². The lowest BCUT2D eigenvalue weighted by Gasteiger charge is -2.09. The van der Waals surface area contributed by atoms with Crippen molar-refractivity contribution in [2.45, 2.75) is 17.3 Å². The largest absolute Gasteiger partial charge is 0.361 e. The van der Waals surface area contributed by atoms with Crippen molar-refractivity contribution in [3.05, 3.63) is 77.5 Å². The van der Waals surface area contributed by atoms with Crippen molar-refractivity contribution in [2.24, 2.45) is 0 Å². The number of aromatic nitrogens is 4. The van der Waals surface area contributed by atoms with E-state index in [1.807, 2.05) is 30.5 Å². The summed E-state index contributed by atoms with van der Waals surface area (Å²) in [7, 11) is 0. The number of halogens is 1. The Morgan fingerprint density at radius 1 is 1.18 bits per heavy atom. The van der Waals surface area contributed by atoms with E-state index in [9.17, 15) is 9.18 Å². The van der Waals surface area contributed by atoms with Gasteiger partial charge in [0.25, 0.3) is 5.91 Å². The minimum atomic E-state index is -0.269. The molecule has 0 fully saturated rings. The molecule has 0 saturated heterocycles. The number of carbonyl (C=O) groups excluding carboxylic acids is 1. The maximum Gasteiger partial charge on any atom is 0.251 e. The van der Waals surface area contributed by atoms with E-state index in [0.29, 0.717) is 29.4 Å². The molecule has 3 N–H and O–H groups in total. The molecule has 28 heavy (non-hydrogen) atoms. The second kappa shape index (κ2) is 8.26. The molecule has 0 atom stereocenters. The van der Waals surface area contributed by atoms with Crippen LogP contribution in [-0.2, 0) is 12.2 Å². The van der Waals surface area contributed by atoms with Crippen LogP contribution in [0.1, 0.15) is 21.5 Å². The first-order valence-electron chi connectivity index (χ1n) is 8.80. The van der Waals surface area contributed by atoms with Crippen molar-refractivity contribution in [3.8, 4) is 0 Å². The number of nitrogens with zero attached hydrogens (tertiary/aromatic N) is 2. The second-order valence-corrected chi connectivity index (χ2v) is 7.21. The molecule has 0 aliphatic heterocycles. The molecule has 0 radical (unpaired) electrons. The third-order valence-corrected chi connectivity index (χ3v) is 5.35. The summed E-state index contributed by atoms with van der Waals surface area (Å²) in [5.74, 6) is 0.237. The molecular weight excluding hydrogens is 377 g/mol. The average molecular weight is 395 g/mol. The first kappa shape index (κ1) is 18.2. The quantitative estimate of drug-likeness (QED) is 0.417. The average Bonchev–Trinajstić information content (AvgIpc) is 3.36.